The van der Waals surface area contributed by atoms with Crippen LogP contribution in [0.25, 0.3) is 5.57 Å². The molecule has 1 amide bonds. The molecule has 2 heteroatoms. The molecule has 0 N–H and O–H groups in total. The van der Waals surface area contributed by atoms with Gasteiger partial charge in [0.15, 0.2) is 0 Å². The zero-order chi connectivity index (χ0) is 12.7. The molecule has 0 aliphatic carbocycles. The van der Waals surface area contributed by atoms with Crippen molar-refractivity contribution in [1.82, 2.24) is 4.90 Å². The fraction of sp³-hybridized carbons (Fsp3) is 0.267. The molecule has 0 radical (unpaired) electrons. The topological polar surface area (TPSA) is 20.3 Å². The molecule has 0 unspecified atom stereocenters. The average molecular weight is 229 g/mol. The molecule has 0 fully saturated rings. The van der Waals surface area contributed by atoms with Crippen molar-refractivity contribution < 1.29 is 4.79 Å². The van der Waals surface area contributed by atoms with Gasteiger partial charge in [0.25, 0.3) is 0 Å². The van der Waals surface area contributed by atoms with Crippen molar-refractivity contribution in [3.05, 3.63) is 54.6 Å². The smallest absolute Gasteiger partial charge is 0.220 e. The summed E-state index contributed by atoms with van der Waals surface area (Å²) in [6.07, 6.45) is 3.81. The minimum absolute atomic E-state index is 0.0713. The molecule has 1 rings (SSSR count). The molecule has 0 spiro atoms. The molecule has 2 nitrogen and oxygen atoms in total. The van der Waals surface area contributed by atoms with Gasteiger partial charge < -0.3 is 4.90 Å². The van der Waals surface area contributed by atoms with Crippen LogP contribution in [0.2, 0.25) is 0 Å². The van der Waals surface area contributed by atoms with E-state index in [1.807, 2.05) is 18.2 Å². The fourth-order valence-corrected chi connectivity index (χ4v) is 1.55. The number of nitrogens with zero attached hydrogens (tertiary/aromatic N) is 1. The van der Waals surface area contributed by atoms with E-state index in [0.717, 1.165) is 0 Å². The first kappa shape index (κ1) is 13.2. The van der Waals surface area contributed by atoms with E-state index < -0.39 is 0 Å². The standard InChI is InChI=1S/C15H19NO/c1-4-11-16(14(3)17)12-10-13(2)15-8-6-5-7-9-15/h4-10H,1,11-12H2,2-3H3/b13-10-. The van der Waals surface area contributed by atoms with Gasteiger partial charge >= 0.3 is 0 Å². The Balaban J connectivity index is 2.69. The van der Waals surface area contributed by atoms with E-state index in [-0.39, 0.29) is 5.91 Å². The quantitative estimate of drug-likeness (QED) is 0.710. The van der Waals surface area contributed by atoms with Gasteiger partial charge in [-0.15, -0.1) is 6.58 Å². The number of carbonyl (C=O) groups excluding carboxylic acids is 1. The van der Waals surface area contributed by atoms with E-state index in [2.05, 4.69) is 31.7 Å². The lowest BCUT2D eigenvalue weighted by atomic mass is 10.1. The Morgan fingerprint density at radius 3 is 2.41 bits per heavy atom. The summed E-state index contributed by atoms with van der Waals surface area (Å²) in [6.45, 7) is 8.51. The van der Waals surface area contributed by atoms with Gasteiger partial charge in [-0.05, 0) is 18.1 Å². The van der Waals surface area contributed by atoms with Gasteiger partial charge in [-0.3, -0.25) is 4.79 Å². The van der Waals surface area contributed by atoms with Crippen molar-refractivity contribution in [2.45, 2.75) is 13.8 Å². The van der Waals surface area contributed by atoms with E-state index in [0.29, 0.717) is 13.1 Å². The van der Waals surface area contributed by atoms with Gasteiger partial charge in [0, 0.05) is 20.0 Å². The Morgan fingerprint density at radius 1 is 1.24 bits per heavy atom. The third-order valence-electron chi connectivity index (χ3n) is 2.64. The molecule has 0 aliphatic rings. The molecule has 0 saturated heterocycles. The van der Waals surface area contributed by atoms with Crippen molar-refractivity contribution in [2.75, 3.05) is 13.1 Å². The second-order valence-corrected chi connectivity index (χ2v) is 3.97. The van der Waals surface area contributed by atoms with Gasteiger partial charge in [0.05, 0.1) is 0 Å². The average Bonchev–Trinajstić information content (AvgIpc) is 2.34. The highest BCUT2D eigenvalue weighted by atomic mass is 16.2. The lowest BCUT2D eigenvalue weighted by Crippen LogP contribution is -2.28. The molecule has 1 aromatic carbocycles. The minimum atomic E-state index is 0.0713. The maximum Gasteiger partial charge on any atom is 0.220 e. The van der Waals surface area contributed by atoms with Crippen LogP contribution < -0.4 is 0 Å². The van der Waals surface area contributed by atoms with Gasteiger partial charge in [-0.25, -0.2) is 0 Å². The molecular formula is C15H19NO. The Hall–Kier alpha value is -1.83. The third kappa shape index (κ3) is 4.27. The van der Waals surface area contributed by atoms with Crippen molar-refractivity contribution in [3.8, 4) is 0 Å². The highest BCUT2D eigenvalue weighted by Crippen LogP contribution is 2.12. The zero-order valence-electron chi connectivity index (χ0n) is 10.5. The Bertz CT molecular complexity index is 406. The molecule has 0 heterocycles. The van der Waals surface area contributed by atoms with Crippen LogP contribution in [0.5, 0.6) is 0 Å². The van der Waals surface area contributed by atoms with Gasteiger partial charge in [-0.1, -0.05) is 42.5 Å². The van der Waals surface area contributed by atoms with Crippen LogP contribution in [0.15, 0.2) is 49.1 Å². The van der Waals surface area contributed by atoms with E-state index in [9.17, 15) is 4.79 Å². The van der Waals surface area contributed by atoms with Crippen LogP contribution in [0.3, 0.4) is 0 Å². The lowest BCUT2D eigenvalue weighted by Gasteiger charge is -2.17. The monoisotopic (exact) mass is 229 g/mol. The summed E-state index contributed by atoms with van der Waals surface area (Å²) in [7, 11) is 0. The van der Waals surface area contributed by atoms with Crippen LogP contribution >= 0.6 is 0 Å². The summed E-state index contributed by atoms with van der Waals surface area (Å²) < 4.78 is 0. The summed E-state index contributed by atoms with van der Waals surface area (Å²) in [5, 5.41) is 0. The Morgan fingerprint density at radius 2 is 1.88 bits per heavy atom. The predicted octanol–water partition coefficient (Wildman–Crippen LogP) is 3.12. The molecule has 17 heavy (non-hydrogen) atoms. The number of benzene rings is 1. The molecule has 0 bridgehead atoms. The fourth-order valence-electron chi connectivity index (χ4n) is 1.55. The van der Waals surface area contributed by atoms with E-state index >= 15 is 0 Å². The largest absolute Gasteiger partial charge is 0.335 e. The van der Waals surface area contributed by atoms with Crippen LogP contribution in [0.4, 0.5) is 0 Å². The number of rotatable bonds is 5. The molecule has 0 aliphatic heterocycles. The van der Waals surface area contributed by atoms with Crippen LogP contribution in [-0.4, -0.2) is 23.9 Å². The van der Waals surface area contributed by atoms with Crippen molar-refractivity contribution >= 4 is 11.5 Å². The first-order valence-electron chi connectivity index (χ1n) is 5.73. The summed E-state index contributed by atoms with van der Waals surface area (Å²) >= 11 is 0. The second kappa shape index (κ2) is 6.69. The van der Waals surface area contributed by atoms with Crippen molar-refractivity contribution in [2.24, 2.45) is 0 Å². The first-order chi connectivity index (χ1) is 8.15. The number of carbonyl (C=O) groups is 1. The highest BCUT2D eigenvalue weighted by molar-refractivity contribution is 5.74. The Labute approximate surface area is 103 Å². The zero-order valence-corrected chi connectivity index (χ0v) is 10.5. The number of hydrogen-bond donors (Lipinski definition) is 0. The number of hydrogen-bond acceptors (Lipinski definition) is 1. The first-order valence-corrected chi connectivity index (χ1v) is 5.73. The molecular weight excluding hydrogens is 210 g/mol. The summed E-state index contributed by atoms with van der Waals surface area (Å²) in [4.78, 5) is 13.1. The Kier molecular flexibility index (Phi) is 5.21. The van der Waals surface area contributed by atoms with E-state index in [4.69, 9.17) is 0 Å². The second-order valence-electron chi connectivity index (χ2n) is 3.97. The highest BCUT2D eigenvalue weighted by Gasteiger charge is 2.04. The maximum absolute atomic E-state index is 11.3. The third-order valence-corrected chi connectivity index (χ3v) is 2.64. The molecule has 0 aromatic heterocycles. The van der Waals surface area contributed by atoms with Gasteiger partial charge in [0.2, 0.25) is 5.91 Å². The molecule has 1 aromatic rings. The molecule has 90 valence electrons. The van der Waals surface area contributed by atoms with Crippen molar-refractivity contribution in [1.29, 1.82) is 0 Å². The lowest BCUT2D eigenvalue weighted by molar-refractivity contribution is -0.127. The number of allylic oxidation sites excluding steroid dienone is 1. The maximum atomic E-state index is 11.3. The van der Waals surface area contributed by atoms with Crippen LogP contribution in [-0.2, 0) is 4.79 Å². The van der Waals surface area contributed by atoms with Gasteiger partial charge in [-0.2, -0.15) is 0 Å². The summed E-state index contributed by atoms with van der Waals surface area (Å²) in [5.74, 6) is 0.0713. The summed E-state index contributed by atoms with van der Waals surface area (Å²) in [5.41, 5.74) is 2.37. The molecule has 0 atom stereocenters. The minimum Gasteiger partial charge on any atom is -0.335 e. The SMILES string of the molecule is C=CCN(C/C=C(/C)c1ccccc1)C(C)=O. The number of amides is 1. The van der Waals surface area contributed by atoms with E-state index in [1.165, 1.54) is 11.1 Å². The van der Waals surface area contributed by atoms with E-state index in [1.54, 1.807) is 17.9 Å². The predicted molar refractivity (Wildman–Crippen MR) is 72.5 cm³/mol. The summed E-state index contributed by atoms with van der Waals surface area (Å²) in [6, 6.07) is 10.2. The van der Waals surface area contributed by atoms with Crippen LogP contribution in [0, 0.1) is 0 Å². The molecule has 0 saturated carbocycles. The normalized spacial score (nSPS) is 11.1. The van der Waals surface area contributed by atoms with Crippen molar-refractivity contribution in [3.63, 3.8) is 0 Å². The van der Waals surface area contributed by atoms with Crippen LogP contribution in [0.1, 0.15) is 19.4 Å². The van der Waals surface area contributed by atoms with Gasteiger partial charge in [0.1, 0.15) is 0 Å².